The molecule has 0 aliphatic heterocycles. The second-order valence-corrected chi connectivity index (χ2v) is 8.82. The van der Waals surface area contributed by atoms with Gasteiger partial charge in [-0.2, -0.15) is 0 Å². The van der Waals surface area contributed by atoms with E-state index in [1.807, 2.05) is 6.92 Å². The van der Waals surface area contributed by atoms with E-state index in [-0.39, 0.29) is 5.52 Å². The van der Waals surface area contributed by atoms with Crippen molar-refractivity contribution in [2.24, 2.45) is 0 Å². The van der Waals surface area contributed by atoms with E-state index in [0.717, 1.165) is 32.1 Å². The molecule has 0 fully saturated rings. The first kappa shape index (κ1) is 19.8. The minimum absolute atomic E-state index is 0.295. The van der Waals surface area contributed by atoms with Gasteiger partial charge < -0.3 is 14.0 Å². The minimum Gasteiger partial charge on any atom is -0.496 e. The number of benzene rings is 1. The summed E-state index contributed by atoms with van der Waals surface area (Å²) in [5, 5.41) is 0. The number of rotatable bonds is 11. The summed E-state index contributed by atoms with van der Waals surface area (Å²) >= 11 is 0. The Morgan fingerprint density at radius 1 is 0.957 bits per heavy atom. The third kappa shape index (κ3) is 5.10. The molecule has 0 bridgehead atoms. The van der Waals surface area contributed by atoms with Crippen LogP contribution in [-0.2, 0) is 4.57 Å². The molecule has 0 N–H and O–H groups in total. The summed E-state index contributed by atoms with van der Waals surface area (Å²) in [6, 6.07) is 5.19. The van der Waals surface area contributed by atoms with Crippen molar-refractivity contribution in [2.45, 2.75) is 46.0 Å². The van der Waals surface area contributed by atoms with E-state index >= 15 is 0 Å². The predicted molar refractivity (Wildman–Crippen MR) is 95.7 cm³/mol. The lowest BCUT2D eigenvalue weighted by Crippen LogP contribution is -2.11. The monoisotopic (exact) mass is 340 g/mol. The molecule has 1 rings (SSSR count). The van der Waals surface area contributed by atoms with Crippen molar-refractivity contribution >= 4 is 12.7 Å². The quantitative estimate of drug-likeness (QED) is 0.410. The molecule has 1 aromatic carbocycles. The van der Waals surface area contributed by atoms with E-state index in [1.165, 1.54) is 14.2 Å². The van der Waals surface area contributed by atoms with E-state index < -0.39 is 7.14 Å². The van der Waals surface area contributed by atoms with Gasteiger partial charge in [0.1, 0.15) is 17.1 Å². The van der Waals surface area contributed by atoms with Gasteiger partial charge in [0.05, 0.1) is 14.2 Å². The third-order valence-electron chi connectivity index (χ3n) is 4.01. The summed E-state index contributed by atoms with van der Waals surface area (Å²) in [6.45, 7) is 4.15. The van der Waals surface area contributed by atoms with E-state index in [4.69, 9.17) is 9.47 Å². The summed E-state index contributed by atoms with van der Waals surface area (Å²) in [5.41, 5.74) is 0.0322. The fourth-order valence-electron chi connectivity index (χ4n) is 2.61. The number of unbranched alkanes of at least 4 members (excludes halogenated alkanes) is 3. The molecule has 5 heteroatoms. The summed E-state index contributed by atoms with van der Waals surface area (Å²) in [7, 11) is 0.0693. The molecule has 1 aromatic rings. The number of carbonyl (C=O) groups excluding carboxylic acids is 1. The van der Waals surface area contributed by atoms with Crippen molar-refractivity contribution < 1.29 is 18.8 Å². The van der Waals surface area contributed by atoms with Crippen LogP contribution >= 0.6 is 7.14 Å². The Kier molecular flexibility index (Phi) is 8.40. The molecule has 0 aromatic heterocycles. The molecule has 1 unspecified atom stereocenters. The summed E-state index contributed by atoms with van der Waals surface area (Å²) in [6.07, 6.45) is 5.52. The summed E-state index contributed by atoms with van der Waals surface area (Å²) in [4.78, 5) is 13.1. The van der Waals surface area contributed by atoms with E-state index in [0.29, 0.717) is 29.4 Å². The summed E-state index contributed by atoms with van der Waals surface area (Å²) in [5.74, 6) is 0.864. The second-order valence-electron chi connectivity index (χ2n) is 5.74. The molecule has 0 spiro atoms. The van der Waals surface area contributed by atoms with Gasteiger partial charge in [-0.05, 0) is 25.0 Å². The van der Waals surface area contributed by atoms with Gasteiger partial charge in [0, 0.05) is 12.3 Å². The zero-order valence-corrected chi connectivity index (χ0v) is 15.7. The van der Waals surface area contributed by atoms with Crippen molar-refractivity contribution in [3.8, 4) is 11.5 Å². The molecule has 130 valence electrons. The highest BCUT2D eigenvalue weighted by molar-refractivity contribution is 7.81. The zero-order valence-electron chi connectivity index (χ0n) is 14.8. The lowest BCUT2D eigenvalue weighted by molar-refractivity contribution is 0.106. The smallest absolute Gasteiger partial charge is 0.228 e. The van der Waals surface area contributed by atoms with Crippen molar-refractivity contribution in [3.05, 3.63) is 23.8 Å². The number of methoxy groups -OCH3 is 2. The number of hydrogen-bond donors (Lipinski definition) is 0. The van der Waals surface area contributed by atoms with Crippen molar-refractivity contribution in [1.82, 2.24) is 0 Å². The average molecular weight is 340 g/mol. The van der Waals surface area contributed by atoms with Crippen LogP contribution in [0.2, 0.25) is 0 Å². The molecule has 0 heterocycles. The maximum atomic E-state index is 13.4. The molecular weight excluding hydrogens is 311 g/mol. The van der Waals surface area contributed by atoms with Crippen LogP contribution in [0.5, 0.6) is 11.5 Å². The van der Waals surface area contributed by atoms with Gasteiger partial charge in [-0.1, -0.05) is 39.2 Å². The van der Waals surface area contributed by atoms with E-state index in [9.17, 15) is 9.36 Å². The van der Waals surface area contributed by atoms with Gasteiger partial charge in [-0.3, -0.25) is 4.79 Å². The molecule has 0 aliphatic carbocycles. The van der Waals surface area contributed by atoms with Gasteiger partial charge >= 0.3 is 0 Å². The first-order chi connectivity index (χ1) is 11.0. The number of carbonyl (C=O) groups is 1. The van der Waals surface area contributed by atoms with Gasteiger partial charge in [0.15, 0.2) is 7.14 Å². The van der Waals surface area contributed by atoms with Crippen LogP contribution in [0.3, 0.4) is 0 Å². The molecule has 0 radical (unpaired) electrons. The Balaban J connectivity index is 3.21. The van der Waals surface area contributed by atoms with Crippen molar-refractivity contribution in [2.75, 3.05) is 26.5 Å². The predicted octanol–water partition coefficient (Wildman–Crippen LogP) is 5.20. The molecule has 0 saturated carbocycles. The largest absolute Gasteiger partial charge is 0.496 e. The maximum Gasteiger partial charge on any atom is 0.228 e. The van der Waals surface area contributed by atoms with E-state index in [2.05, 4.69) is 6.92 Å². The van der Waals surface area contributed by atoms with Gasteiger partial charge in [0.2, 0.25) is 5.52 Å². The normalized spacial score (nSPS) is 13.4. The first-order valence-electron chi connectivity index (χ1n) is 8.38. The average Bonchev–Trinajstić information content (AvgIpc) is 2.58. The molecular formula is C18H29O4P. The van der Waals surface area contributed by atoms with Gasteiger partial charge in [-0.25, -0.2) is 0 Å². The van der Waals surface area contributed by atoms with Crippen LogP contribution in [0.1, 0.15) is 56.3 Å². The van der Waals surface area contributed by atoms with Crippen LogP contribution < -0.4 is 9.47 Å². The highest BCUT2D eigenvalue weighted by Gasteiger charge is 2.35. The maximum absolute atomic E-state index is 13.4. The Morgan fingerprint density at radius 2 is 1.48 bits per heavy atom. The fraction of sp³-hybridized carbons (Fsp3) is 0.611. The van der Waals surface area contributed by atoms with Gasteiger partial charge in [0.25, 0.3) is 0 Å². The lowest BCUT2D eigenvalue weighted by Gasteiger charge is -2.20. The van der Waals surface area contributed by atoms with Crippen LogP contribution in [0.15, 0.2) is 18.2 Å². The first-order valence-corrected chi connectivity index (χ1v) is 10.5. The molecule has 23 heavy (non-hydrogen) atoms. The van der Waals surface area contributed by atoms with Crippen LogP contribution in [0.4, 0.5) is 0 Å². The lowest BCUT2D eigenvalue weighted by atomic mass is 10.2. The minimum atomic E-state index is -2.96. The van der Waals surface area contributed by atoms with Crippen LogP contribution in [0.25, 0.3) is 0 Å². The Labute approximate surface area is 139 Å². The standard InChI is InChI=1S/C18H29O4P/c1-5-7-9-14-23(20,13-8-6-2)18(19)17-15(21-3)11-10-12-16(17)22-4/h10-12H,5-9,13-14H2,1-4H3. The van der Waals surface area contributed by atoms with Crippen molar-refractivity contribution in [3.63, 3.8) is 0 Å². The SMILES string of the molecule is CCCCCP(=O)(CCCC)C(=O)c1c(OC)cccc1OC. The zero-order chi connectivity index (χ0) is 17.3. The van der Waals surface area contributed by atoms with Crippen LogP contribution in [-0.4, -0.2) is 32.1 Å². The number of hydrogen-bond acceptors (Lipinski definition) is 4. The van der Waals surface area contributed by atoms with Crippen LogP contribution in [0, 0.1) is 0 Å². The van der Waals surface area contributed by atoms with E-state index in [1.54, 1.807) is 18.2 Å². The topological polar surface area (TPSA) is 52.6 Å². The fourth-order valence-corrected chi connectivity index (χ4v) is 5.43. The van der Waals surface area contributed by atoms with Gasteiger partial charge in [-0.15, -0.1) is 0 Å². The highest BCUT2D eigenvalue weighted by Crippen LogP contribution is 2.53. The van der Waals surface area contributed by atoms with Crippen molar-refractivity contribution in [1.29, 1.82) is 0 Å². The molecule has 0 amide bonds. The Hall–Kier alpha value is -1.28. The molecule has 0 aliphatic rings. The molecule has 1 atom stereocenters. The Bertz CT molecular complexity index is 532. The number of ether oxygens (including phenoxy) is 2. The second kappa shape index (κ2) is 9.77. The third-order valence-corrected chi connectivity index (χ3v) is 7.05. The summed E-state index contributed by atoms with van der Waals surface area (Å²) < 4.78 is 24.0. The highest BCUT2D eigenvalue weighted by atomic mass is 31.2. The Morgan fingerprint density at radius 3 is 1.96 bits per heavy atom. The molecule has 4 nitrogen and oxygen atoms in total. The molecule has 0 saturated heterocycles.